The van der Waals surface area contributed by atoms with Crippen molar-refractivity contribution in [1.82, 2.24) is 4.98 Å². The van der Waals surface area contributed by atoms with Crippen molar-refractivity contribution >= 4 is 5.83 Å². The average Bonchev–Trinajstić information content (AvgIpc) is 2.41. The summed E-state index contributed by atoms with van der Waals surface area (Å²) in [5.41, 5.74) is 2.72. The third-order valence-corrected chi connectivity index (χ3v) is 3.06. The summed E-state index contributed by atoms with van der Waals surface area (Å²) in [6.45, 7) is 5.10. The number of halogens is 2. The van der Waals surface area contributed by atoms with E-state index >= 15 is 0 Å². The highest BCUT2D eigenvalue weighted by Crippen LogP contribution is 2.27. The number of hydrogen-bond donors (Lipinski definition) is 0. The summed E-state index contributed by atoms with van der Waals surface area (Å²) in [6.07, 6.45) is 2.87. The Hall–Kier alpha value is -2.03. The van der Waals surface area contributed by atoms with E-state index in [9.17, 15) is 8.78 Å². The highest BCUT2D eigenvalue weighted by Gasteiger charge is 2.11. The summed E-state index contributed by atoms with van der Waals surface area (Å²) >= 11 is 0. The Bertz CT molecular complexity index is 645. The molecule has 0 atom stereocenters. The third kappa shape index (κ3) is 2.55. The zero-order valence-electron chi connectivity index (χ0n) is 11.2. The van der Waals surface area contributed by atoms with Gasteiger partial charge in [0.1, 0.15) is 17.3 Å². The van der Waals surface area contributed by atoms with Gasteiger partial charge in [-0.2, -0.15) is 0 Å². The average molecular weight is 259 g/mol. The zero-order chi connectivity index (χ0) is 14.0. The van der Waals surface area contributed by atoms with Crippen LogP contribution in [0, 0.1) is 19.7 Å². The van der Waals surface area contributed by atoms with Gasteiger partial charge in [0.2, 0.25) is 0 Å². The van der Waals surface area contributed by atoms with Crippen molar-refractivity contribution in [3.05, 3.63) is 59.2 Å². The molecule has 0 amide bonds. The predicted molar refractivity (Wildman–Crippen MR) is 73.9 cm³/mol. The molecule has 1 aromatic heterocycles. The van der Waals surface area contributed by atoms with Gasteiger partial charge in [0.15, 0.2) is 0 Å². The minimum atomic E-state index is -0.367. The first kappa shape index (κ1) is 13.4. The van der Waals surface area contributed by atoms with Crippen molar-refractivity contribution in [3.8, 4) is 11.1 Å². The van der Waals surface area contributed by atoms with Gasteiger partial charge in [0.25, 0.3) is 0 Å². The van der Waals surface area contributed by atoms with Gasteiger partial charge in [0, 0.05) is 17.3 Å². The highest BCUT2D eigenvalue weighted by molar-refractivity contribution is 5.68. The molecule has 0 radical (unpaired) electrons. The van der Waals surface area contributed by atoms with Crippen LogP contribution in [0.5, 0.6) is 0 Å². The van der Waals surface area contributed by atoms with Crippen LogP contribution in [0.2, 0.25) is 0 Å². The number of aromatic nitrogens is 1. The van der Waals surface area contributed by atoms with Crippen molar-refractivity contribution in [3.63, 3.8) is 0 Å². The van der Waals surface area contributed by atoms with Crippen molar-refractivity contribution in [1.29, 1.82) is 0 Å². The Morgan fingerprint density at radius 2 is 1.95 bits per heavy atom. The third-order valence-electron chi connectivity index (χ3n) is 3.06. The quantitative estimate of drug-likeness (QED) is 0.752. The smallest absolute Gasteiger partial charge is 0.144 e. The van der Waals surface area contributed by atoms with E-state index in [2.05, 4.69) is 4.98 Å². The molecule has 0 N–H and O–H groups in total. The van der Waals surface area contributed by atoms with Crippen LogP contribution < -0.4 is 0 Å². The SMILES string of the molecule is C/C=C(/F)c1ncc(-c2cccc(C)c2F)cc1C. The van der Waals surface area contributed by atoms with Crippen LogP contribution >= 0.6 is 0 Å². The Labute approximate surface area is 111 Å². The maximum absolute atomic E-state index is 14.0. The Balaban J connectivity index is 2.54. The molecular formula is C16H15F2N. The molecule has 0 spiro atoms. The van der Waals surface area contributed by atoms with Gasteiger partial charge in [-0.15, -0.1) is 0 Å². The van der Waals surface area contributed by atoms with E-state index in [1.54, 1.807) is 45.0 Å². The molecule has 0 aliphatic carbocycles. The standard InChI is InChI=1S/C16H15F2N/c1-4-14(17)16-11(3)8-12(9-19-16)13-7-5-6-10(2)15(13)18/h4-9H,1-3H3/b14-4+. The number of rotatable bonds is 2. The van der Waals surface area contributed by atoms with E-state index in [1.165, 1.54) is 12.3 Å². The van der Waals surface area contributed by atoms with Crippen molar-refractivity contribution in [2.75, 3.05) is 0 Å². The first-order chi connectivity index (χ1) is 9.04. The summed E-state index contributed by atoms with van der Waals surface area (Å²) < 4.78 is 27.6. The summed E-state index contributed by atoms with van der Waals surface area (Å²) in [5, 5.41) is 0. The van der Waals surface area contributed by atoms with E-state index in [0.29, 0.717) is 27.9 Å². The molecule has 0 bridgehead atoms. The number of nitrogens with zero attached hydrogens (tertiary/aromatic N) is 1. The van der Waals surface area contributed by atoms with Gasteiger partial charge in [-0.1, -0.05) is 18.2 Å². The van der Waals surface area contributed by atoms with Crippen LogP contribution in [0.4, 0.5) is 8.78 Å². The largest absolute Gasteiger partial charge is 0.253 e. The molecule has 0 saturated carbocycles. The van der Waals surface area contributed by atoms with E-state index in [1.807, 2.05) is 0 Å². The molecular weight excluding hydrogens is 244 g/mol. The predicted octanol–water partition coefficient (Wildman–Crippen LogP) is 4.83. The van der Waals surface area contributed by atoms with Crippen LogP contribution in [0.25, 0.3) is 17.0 Å². The monoisotopic (exact) mass is 259 g/mol. The molecule has 2 aromatic rings. The lowest BCUT2D eigenvalue weighted by molar-refractivity contribution is 0.622. The molecule has 3 heteroatoms. The van der Waals surface area contributed by atoms with Crippen LogP contribution in [0.15, 0.2) is 36.5 Å². The second-order valence-electron chi connectivity index (χ2n) is 4.46. The van der Waals surface area contributed by atoms with Crippen molar-refractivity contribution in [2.45, 2.75) is 20.8 Å². The molecule has 98 valence electrons. The van der Waals surface area contributed by atoms with E-state index in [-0.39, 0.29) is 11.6 Å². The molecule has 19 heavy (non-hydrogen) atoms. The summed E-state index contributed by atoms with van der Waals surface area (Å²) in [6, 6.07) is 6.96. The second kappa shape index (κ2) is 5.31. The number of hydrogen-bond acceptors (Lipinski definition) is 1. The maximum atomic E-state index is 14.0. The van der Waals surface area contributed by atoms with Gasteiger partial charge >= 0.3 is 0 Å². The summed E-state index contributed by atoms with van der Waals surface area (Å²) in [4.78, 5) is 4.09. The molecule has 1 heterocycles. The minimum absolute atomic E-state index is 0.261. The Kier molecular flexibility index (Phi) is 3.74. The van der Waals surface area contributed by atoms with Crippen LogP contribution in [-0.4, -0.2) is 4.98 Å². The van der Waals surface area contributed by atoms with Crippen LogP contribution in [0.1, 0.15) is 23.7 Å². The van der Waals surface area contributed by atoms with Gasteiger partial charge in [-0.25, -0.2) is 8.78 Å². The zero-order valence-corrected chi connectivity index (χ0v) is 11.2. The molecule has 0 aliphatic rings. The van der Waals surface area contributed by atoms with E-state index in [0.717, 1.165) is 0 Å². The number of aryl methyl sites for hydroxylation is 2. The van der Waals surface area contributed by atoms with Gasteiger partial charge < -0.3 is 0 Å². The molecule has 0 fully saturated rings. The van der Waals surface area contributed by atoms with Crippen LogP contribution in [-0.2, 0) is 0 Å². The topological polar surface area (TPSA) is 12.9 Å². The molecule has 1 aromatic carbocycles. The Morgan fingerprint density at radius 1 is 1.21 bits per heavy atom. The highest BCUT2D eigenvalue weighted by atomic mass is 19.1. The molecule has 0 unspecified atom stereocenters. The molecule has 1 nitrogen and oxygen atoms in total. The number of pyridine rings is 1. The number of allylic oxidation sites excluding steroid dienone is 1. The van der Waals surface area contributed by atoms with E-state index in [4.69, 9.17) is 0 Å². The lowest BCUT2D eigenvalue weighted by atomic mass is 10.0. The lowest BCUT2D eigenvalue weighted by Crippen LogP contribution is -1.94. The van der Waals surface area contributed by atoms with Crippen molar-refractivity contribution < 1.29 is 8.78 Å². The molecule has 0 aliphatic heterocycles. The fraction of sp³-hybridized carbons (Fsp3) is 0.188. The minimum Gasteiger partial charge on any atom is -0.253 e. The van der Waals surface area contributed by atoms with E-state index < -0.39 is 0 Å². The van der Waals surface area contributed by atoms with Crippen molar-refractivity contribution in [2.24, 2.45) is 0 Å². The normalized spacial score (nSPS) is 11.7. The fourth-order valence-electron chi connectivity index (χ4n) is 1.98. The summed E-state index contributed by atoms with van der Waals surface area (Å²) in [7, 11) is 0. The first-order valence-corrected chi connectivity index (χ1v) is 6.09. The number of benzene rings is 1. The van der Waals surface area contributed by atoms with Gasteiger partial charge in [-0.3, -0.25) is 4.98 Å². The van der Waals surface area contributed by atoms with Gasteiger partial charge in [-0.05, 0) is 44.0 Å². The van der Waals surface area contributed by atoms with Crippen LogP contribution in [0.3, 0.4) is 0 Å². The second-order valence-corrected chi connectivity index (χ2v) is 4.46. The Morgan fingerprint density at radius 3 is 2.58 bits per heavy atom. The molecule has 2 rings (SSSR count). The van der Waals surface area contributed by atoms with Gasteiger partial charge in [0.05, 0.1) is 0 Å². The summed E-state index contributed by atoms with van der Waals surface area (Å²) in [5.74, 6) is -0.628. The first-order valence-electron chi connectivity index (χ1n) is 6.09. The maximum Gasteiger partial charge on any atom is 0.144 e. The fourth-order valence-corrected chi connectivity index (χ4v) is 1.98. The lowest BCUT2D eigenvalue weighted by Gasteiger charge is -2.08. The molecule has 0 saturated heterocycles.